The van der Waals surface area contributed by atoms with Gasteiger partial charge in [0.05, 0.1) is 35.8 Å². The first-order valence-electron chi connectivity index (χ1n) is 13.7. The van der Waals surface area contributed by atoms with E-state index >= 15 is 0 Å². The average Bonchev–Trinajstić information content (AvgIpc) is 3.06. The number of fused-ring (bicyclic) bond motifs is 3. The summed E-state index contributed by atoms with van der Waals surface area (Å²) < 4.78 is 0. The van der Waals surface area contributed by atoms with Gasteiger partial charge in [0, 0.05) is 33.4 Å². The fourth-order valence-corrected chi connectivity index (χ4v) is 4.98. The molecule has 2 radical (unpaired) electrons. The van der Waals surface area contributed by atoms with Crippen LogP contribution in [-0.4, -0.2) is 35.8 Å². The predicted octanol–water partition coefficient (Wildman–Crippen LogP) is -1.30. The molecule has 0 bridgehead atoms. The van der Waals surface area contributed by atoms with Crippen LogP contribution in [-0.2, 0) is 0 Å². The van der Waals surface area contributed by atoms with E-state index in [2.05, 4.69) is 0 Å². The van der Waals surface area contributed by atoms with Crippen molar-refractivity contribution in [2.75, 3.05) is 0 Å². The Bertz CT molecular complexity index is 2030. The van der Waals surface area contributed by atoms with Crippen molar-refractivity contribution >= 4 is 68.1 Å². The SMILES string of the molecule is O=C([O-])c1ccc2ccccc2c1C(=O)[O-].O=C([O-])c1ccc2ccccc2c1C(=O)[O-].O=C([O-])c1ccc2ccccc2c1C(=O)[O-].[Ce+3].[Ce+3]. The van der Waals surface area contributed by atoms with Crippen LogP contribution >= 0.6 is 0 Å². The molecular weight excluding hydrogens is 905 g/mol. The first-order valence-corrected chi connectivity index (χ1v) is 13.7. The van der Waals surface area contributed by atoms with Crippen molar-refractivity contribution in [2.24, 2.45) is 0 Å². The summed E-state index contributed by atoms with van der Waals surface area (Å²) in [4.78, 5) is 65.1. The molecule has 0 unspecified atom stereocenters. The zero-order valence-electron chi connectivity index (χ0n) is 25.3. The number of hydrogen-bond acceptors (Lipinski definition) is 12. The van der Waals surface area contributed by atoms with Gasteiger partial charge in [-0.3, -0.25) is 0 Å². The molecule has 0 saturated carbocycles. The second-order valence-corrected chi connectivity index (χ2v) is 9.85. The van der Waals surface area contributed by atoms with Gasteiger partial charge in [-0.15, -0.1) is 0 Å². The molecule has 0 saturated heterocycles. The molecule has 12 nitrogen and oxygen atoms in total. The molecule has 14 heteroatoms. The van der Waals surface area contributed by atoms with Crippen LogP contribution < -0.4 is 30.6 Å². The van der Waals surface area contributed by atoms with Gasteiger partial charge in [-0.05, 0) is 32.3 Å². The fourth-order valence-electron chi connectivity index (χ4n) is 4.98. The molecule has 0 aromatic heterocycles. The first kappa shape index (κ1) is 41.8. The molecule has 0 atom stereocenters. The Labute approximate surface area is 349 Å². The van der Waals surface area contributed by atoms with Gasteiger partial charge in [0.1, 0.15) is 0 Å². The predicted molar refractivity (Wildman–Crippen MR) is 158 cm³/mol. The number of aromatic carboxylic acids is 6. The molecule has 0 amide bonds. The Balaban J connectivity index is 0.000000255. The van der Waals surface area contributed by atoms with Gasteiger partial charge < -0.3 is 59.4 Å². The van der Waals surface area contributed by atoms with Crippen LogP contribution in [0.15, 0.2) is 109 Å². The maximum absolute atomic E-state index is 10.9. The van der Waals surface area contributed by atoms with Crippen molar-refractivity contribution in [3.63, 3.8) is 0 Å². The van der Waals surface area contributed by atoms with Gasteiger partial charge in [0.25, 0.3) is 0 Å². The molecule has 0 N–H and O–H groups in total. The second-order valence-electron chi connectivity index (χ2n) is 9.85. The minimum absolute atomic E-state index is 0. The van der Waals surface area contributed by atoms with Crippen LogP contribution in [0.2, 0.25) is 0 Å². The van der Waals surface area contributed by atoms with Gasteiger partial charge in [0.15, 0.2) is 0 Å². The van der Waals surface area contributed by atoms with E-state index in [4.69, 9.17) is 0 Å². The van der Waals surface area contributed by atoms with Crippen molar-refractivity contribution in [3.8, 4) is 0 Å². The largest absolute Gasteiger partial charge is 3.00 e. The quantitative estimate of drug-likeness (QED) is 0.190. The van der Waals surface area contributed by atoms with Crippen molar-refractivity contribution < 1.29 is 143 Å². The Hall–Kier alpha value is -4.33. The van der Waals surface area contributed by atoms with Gasteiger partial charge >= 0.3 is 83.5 Å². The topological polar surface area (TPSA) is 241 Å². The van der Waals surface area contributed by atoms with E-state index in [1.165, 1.54) is 54.6 Å². The van der Waals surface area contributed by atoms with Crippen LogP contribution in [0.1, 0.15) is 62.1 Å². The Kier molecular flexibility index (Phi) is 15.6. The number of rotatable bonds is 6. The number of carboxylic acid groups (broad SMARTS) is 6. The summed E-state index contributed by atoms with van der Waals surface area (Å²) in [5.41, 5.74) is -2.09. The van der Waals surface area contributed by atoms with E-state index in [0.29, 0.717) is 32.3 Å². The smallest absolute Gasteiger partial charge is 0.545 e. The number of hydrogen-bond donors (Lipinski definition) is 0. The second kappa shape index (κ2) is 18.6. The van der Waals surface area contributed by atoms with E-state index in [1.807, 2.05) is 0 Å². The van der Waals surface area contributed by atoms with E-state index in [1.54, 1.807) is 54.6 Å². The molecule has 0 heterocycles. The molecule has 0 aliphatic rings. The van der Waals surface area contributed by atoms with E-state index < -0.39 is 35.8 Å². The van der Waals surface area contributed by atoms with Gasteiger partial charge in [0.2, 0.25) is 0 Å². The summed E-state index contributed by atoms with van der Waals surface area (Å²) in [5.74, 6) is -9.12. The third kappa shape index (κ3) is 9.46. The zero-order valence-corrected chi connectivity index (χ0v) is 31.6. The molecule has 50 heavy (non-hydrogen) atoms. The molecule has 6 aromatic carbocycles. The van der Waals surface area contributed by atoms with Crippen LogP contribution in [0, 0.1) is 83.5 Å². The Morgan fingerprint density at radius 3 is 0.720 bits per heavy atom. The monoisotopic (exact) mass is 922 g/mol. The van der Waals surface area contributed by atoms with Crippen molar-refractivity contribution in [1.82, 2.24) is 0 Å². The Morgan fingerprint density at radius 1 is 0.300 bits per heavy atom. The number of carbonyl (C=O) groups excluding carboxylic acids is 6. The maximum atomic E-state index is 10.9. The zero-order chi connectivity index (χ0) is 35.1. The van der Waals surface area contributed by atoms with E-state index in [9.17, 15) is 59.4 Å². The normalized spacial score (nSPS) is 9.84. The molecule has 0 fully saturated rings. The number of carboxylic acids is 6. The van der Waals surface area contributed by atoms with Crippen LogP contribution in [0.3, 0.4) is 0 Å². The summed E-state index contributed by atoms with van der Waals surface area (Å²) in [7, 11) is 0. The van der Waals surface area contributed by atoms with E-state index in [0.717, 1.165) is 0 Å². The van der Waals surface area contributed by atoms with Crippen LogP contribution in [0.4, 0.5) is 0 Å². The minimum Gasteiger partial charge on any atom is -0.545 e. The third-order valence-corrected chi connectivity index (χ3v) is 7.06. The first-order chi connectivity index (χ1) is 22.8. The summed E-state index contributed by atoms with van der Waals surface area (Å²) in [6.07, 6.45) is 0. The molecule has 0 spiro atoms. The van der Waals surface area contributed by atoms with E-state index in [-0.39, 0.29) is 117 Å². The average molecular weight is 923 g/mol. The molecular formula is C36H18Ce2O12. The van der Waals surface area contributed by atoms with Crippen molar-refractivity contribution in [1.29, 1.82) is 0 Å². The summed E-state index contributed by atoms with van der Waals surface area (Å²) in [6.45, 7) is 0. The van der Waals surface area contributed by atoms with Crippen LogP contribution in [0.25, 0.3) is 32.3 Å². The molecule has 0 aliphatic carbocycles. The van der Waals surface area contributed by atoms with Crippen molar-refractivity contribution in [3.05, 3.63) is 143 Å². The standard InChI is InChI=1S/3C12H8O4.2Ce/c3*13-11(14)9-6-5-7-3-1-2-4-8(7)10(9)12(15)16;;/h3*1-6H,(H,13,14)(H,15,16);;/q;;;2*+3/p-6. The third-order valence-electron chi connectivity index (χ3n) is 7.06. The maximum Gasteiger partial charge on any atom is 3.00 e. The van der Waals surface area contributed by atoms with Gasteiger partial charge in [-0.2, -0.15) is 0 Å². The minimum atomic E-state index is -1.52. The fraction of sp³-hybridized carbons (Fsp3) is 0. The number of carbonyl (C=O) groups is 6. The molecule has 6 rings (SSSR count). The Morgan fingerprint density at radius 2 is 0.520 bits per heavy atom. The van der Waals surface area contributed by atoms with Gasteiger partial charge in [-0.1, -0.05) is 109 Å². The number of benzene rings is 6. The molecule has 6 aromatic rings. The summed E-state index contributed by atoms with van der Waals surface area (Å²) in [6, 6.07) is 28.0. The summed E-state index contributed by atoms with van der Waals surface area (Å²) >= 11 is 0. The van der Waals surface area contributed by atoms with Crippen LogP contribution in [0.5, 0.6) is 0 Å². The molecule has 0 aliphatic heterocycles. The van der Waals surface area contributed by atoms with Gasteiger partial charge in [-0.25, -0.2) is 0 Å². The molecule has 242 valence electrons. The van der Waals surface area contributed by atoms with Crippen molar-refractivity contribution in [2.45, 2.75) is 0 Å². The summed E-state index contributed by atoms with van der Waals surface area (Å²) in [5, 5.41) is 68.1.